The first-order valence-corrected chi connectivity index (χ1v) is 5.18. The Morgan fingerprint density at radius 2 is 1.92 bits per heavy atom. The fraction of sp³-hybridized carbons (Fsp3) is 0.100. The van der Waals surface area contributed by atoms with Crippen molar-refractivity contribution in [1.29, 1.82) is 0 Å². The molecule has 0 heterocycles. The van der Waals surface area contributed by atoms with Crippen LogP contribution in [0.3, 0.4) is 0 Å². The molecule has 70 valence electrons. The highest BCUT2D eigenvalue weighted by atomic mass is 127. The van der Waals surface area contributed by atoms with Gasteiger partial charge >= 0.3 is 5.97 Å². The first-order chi connectivity index (χ1) is 6.20. The molecule has 2 nitrogen and oxygen atoms in total. The van der Waals surface area contributed by atoms with Crippen LogP contribution in [-0.4, -0.2) is 15.5 Å². The smallest absolute Gasteiger partial charge is 0.313 e. The number of hydrogen-bond acceptors (Lipinski definition) is 1. The Morgan fingerprint density at radius 3 is 2.15 bits per heavy atom. The third-order valence-electron chi connectivity index (χ3n) is 1.15. The summed E-state index contributed by atoms with van der Waals surface area (Å²) in [5.41, 5.74) is 1.17. The summed E-state index contributed by atoms with van der Waals surface area (Å²) in [7, 11) is 0. The number of rotatable bonds is 2. The number of aliphatic carboxylic acids is 1. The number of alkyl halides is 1. The van der Waals surface area contributed by atoms with Crippen molar-refractivity contribution >= 4 is 34.6 Å². The first-order valence-electron chi connectivity index (χ1n) is 3.66. The Morgan fingerprint density at radius 1 is 1.46 bits per heavy atom. The Kier molecular flexibility index (Phi) is 7.29. The number of carboxylic acid groups (broad SMARTS) is 1. The summed E-state index contributed by atoms with van der Waals surface area (Å²) in [5.74, 6) is -0.759. The average molecular weight is 290 g/mol. The van der Waals surface area contributed by atoms with E-state index in [4.69, 9.17) is 5.11 Å². The summed E-state index contributed by atoms with van der Waals surface area (Å²) in [5, 5.41) is 7.71. The maximum absolute atomic E-state index is 9.36. The number of benzene rings is 1. The van der Waals surface area contributed by atoms with Gasteiger partial charge < -0.3 is 5.11 Å². The molecule has 1 aromatic rings. The van der Waals surface area contributed by atoms with Crippen molar-refractivity contribution in [3.8, 4) is 0 Å². The third kappa shape index (κ3) is 7.52. The molecule has 0 unspecified atom stereocenters. The van der Waals surface area contributed by atoms with E-state index in [1.165, 1.54) is 5.56 Å². The maximum atomic E-state index is 9.36. The lowest BCUT2D eigenvalue weighted by molar-refractivity contribution is -0.133. The van der Waals surface area contributed by atoms with Gasteiger partial charge in [-0.1, -0.05) is 65.6 Å². The highest BCUT2D eigenvalue weighted by molar-refractivity contribution is 14.1. The molecule has 0 saturated heterocycles. The van der Waals surface area contributed by atoms with Crippen LogP contribution in [0.1, 0.15) is 5.56 Å². The summed E-state index contributed by atoms with van der Waals surface area (Å²) in [6.45, 7) is 3.63. The van der Waals surface area contributed by atoms with Gasteiger partial charge in [-0.3, -0.25) is 4.79 Å². The molecule has 0 bridgehead atoms. The van der Waals surface area contributed by atoms with Crippen LogP contribution < -0.4 is 0 Å². The number of carbonyl (C=O) groups is 1. The molecule has 0 radical (unpaired) electrons. The third-order valence-corrected chi connectivity index (χ3v) is 1.80. The molecular formula is C10H11IO2. The second-order valence-electron chi connectivity index (χ2n) is 2.14. The van der Waals surface area contributed by atoms with Gasteiger partial charge in [-0.25, -0.2) is 0 Å². The number of carboxylic acids is 1. The molecular weight excluding hydrogens is 279 g/mol. The quantitative estimate of drug-likeness (QED) is 0.671. The molecule has 0 saturated carbocycles. The van der Waals surface area contributed by atoms with E-state index in [1.807, 2.05) is 36.4 Å². The Hall–Kier alpha value is -0.840. The van der Waals surface area contributed by atoms with E-state index in [1.54, 1.807) is 22.6 Å². The predicted molar refractivity (Wildman–Crippen MR) is 63.1 cm³/mol. The van der Waals surface area contributed by atoms with Gasteiger partial charge in [-0.05, 0) is 5.56 Å². The SMILES string of the molecule is C=Cc1ccccc1.O=C(O)CI. The van der Waals surface area contributed by atoms with E-state index >= 15 is 0 Å². The molecule has 1 rings (SSSR count). The Balaban J connectivity index is 0.000000252. The van der Waals surface area contributed by atoms with Crippen molar-refractivity contribution < 1.29 is 9.90 Å². The lowest BCUT2D eigenvalue weighted by Gasteiger charge is -1.85. The predicted octanol–water partition coefficient (Wildman–Crippen LogP) is 2.84. The van der Waals surface area contributed by atoms with E-state index in [0.29, 0.717) is 0 Å². The van der Waals surface area contributed by atoms with Crippen LogP contribution in [0.5, 0.6) is 0 Å². The largest absolute Gasteiger partial charge is 0.481 e. The molecule has 0 spiro atoms. The van der Waals surface area contributed by atoms with Crippen LogP contribution in [0.15, 0.2) is 36.9 Å². The van der Waals surface area contributed by atoms with Gasteiger partial charge in [0.25, 0.3) is 0 Å². The molecule has 0 aromatic heterocycles. The molecule has 1 aromatic carbocycles. The van der Waals surface area contributed by atoms with Gasteiger partial charge in [0.15, 0.2) is 0 Å². The van der Waals surface area contributed by atoms with Crippen molar-refractivity contribution in [3.05, 3.63) is 42.5 Å². The molecule has 0 amide bonds. The molecule has 0 atom stereocenters. The molecule has 0 aliphatic carbocycles. The summed E-state index contributed by atoms with van der Waals surface area (Å²) >= 11 is 1.78. The minimum atomic E-state index is -0.759. The van der Waals surface area contributed by atoms with Crippen molar-refractivity contribution in [1.82, 2.24) is 0 Å². The maximum Gasteiger partial charge on any atom is 0.313 e. The van der Waals surface area contributed by atoms with Crippen LogP contribution in [0.25, 0.3) is 6.08 Å². The van der Waals surface area contributed by atoms with Crippen LogP contribution in [0, 0.1) is 0 Å². The van der Waals surface area contributed by atoms with E-state index in [2.05, 4.69) is 6.58 Å². The minimum Gasteiger partial charge on any atom is -0.481 e. The second-order valence-corrected chi connectivity index (χ2v) is 2.90. The summed E-state index contributed by atoms with van der Waals surface area (Å²) in [6, 6.07) is 10.0. The number of hydrogen-bond donors (Lipinski definition) is 1. The summed E-state index contributed by atoms with van der Waals surface area (Å²) in [6.07, 6.45) is 1.83. The van der Waals surface area contributed by atoms with E-state index < -0.39 is 5.97 Å². The average Bonchev–Trinajstić information content (AvgIpc) is 2.20. The lowest BCUT2D eigenvalue weighted by Crippen LogP contribution is -1.91. The standard InChI is InChI=1S/C8H8.C2H3IO2/c1-2-8-6-4-3-5-7-8;3-1-2(4)5/h2-7H,1H2;1H2,(H,4,5). The van der Waals surface area contributed by atoms with Gasteiger partial charge in [0.2, 0.25) is 0 Å². The lowest BCUT2D eigenvalue weighted by atomic mass is 10.2. The second kappa shape index (κ2) is 7.79. The zero-order valence-electron chi connectivity index (χ0n) is 7.11. The van der Waals surface area contributed by atoms with Crippen molar-refractivity contribution in [2.24, 2.45) is 0 Å². The minimum absolute atomic E-state index is 0.192. The van der Waals surface area contributed by atoms with Gasteiger partial charge in [-0.2, -0.15) is 0 Å². The van der Waals surface area contributed by atoms with Crippen LogP contribution in [0.4, 0.5) is 0 Å². The summed E-state index contributed by atoms with van der Waals surface area (Å²) in [4.78, 5) is 9.36. The molecule has 1 N–H and O–H groups in total. The Bertz CT molecular complexity index is 257. The van der Waals surface area contributed by atoms with Crippen molar-refractivity contribution in [2.45, 2.75) is 0 Å². The highest BCUT2D eigenvalue weighted by Gasteiger charge is 1.82. The van der Waals surface area contributed by atoms with E-state index in [-0.39, 0.29) is 4.43 Å². The zero-order chi connectivity index (χ0) is 10.1. The van der Waals surface area contributed by atoms with E-state index in [0.717, 1.165) is 0 Å². The summed E-state index contributed by atoms with van der Waals surface area (Å²) < 4.78 is 0.192. The highest BCUT2D eigenvalue weighted by Crippen LogP contribution is 1.97. The van der Waals surface area contributed by atoms with Crippen molar-refractivity contribution in [2.75, 3.05) is 4.43 Å². The Labute approximate surface area is 91.4 Å². The monoisotopic (exact) mass is 290 g/mol. The molecule has 0 fully saturated rings. The molecule has 3 heteroatoms. The van der Waals surface area contributed by atoms with Crippen LogP contribution in [-0.2, 0) is 4.79 Å². The van der Waals surface area contributed by atoms with Gasteiger partial charge in [0.05, 0.1) is 4.43 Å². The molecule has 0 aliphatic heterocycles. The van der Waals surface area contributed by atoms with Crippen molar-refractivity contribution in [3.63, 3.8) is 0 Å². The van der Waals surface area contributed by atoms with Crippen LogP contribution in [0.2, 0.25) is 0 Å². The zero-order valence-corrected chi connectivity index (χ0v) is 9.27. The van der Waals surface area contributed by atoms with E-state index in [9.17, 15) is 4.79 Å². The molecule has 13 heavy (non-hydrogen) atoms. The van der Waals surface area contributed by atoms with Gasteiger partial charge in [-0.15, -0.1) is 0 Å². The topological polar surface area (TPSA) is 37.3 Å². The molecule has 0 aliphatic rings. The van der Waals surface area contributed by atoms with Gasteiger partial charge in [0.1, 0.15) is 0 Å². The van der Waals surface area contributed by atoms with Gasteiger partial charge in [0, 0.05) is 0 Å². The van der Waals surface area contributed by atoms with Crippen LogP contribution >= 0.6 is 22.6 Å². The first kappa shape index (κ1) is 12.2. The number of halogens is 1. The fourth-order valence-electron chi connectivity index (χ4n) is 0.589. The fourth-order valence-corrected chi connectivity index (χ4v) is 0.589. The normalized spacial score (nSPS) is 8.08.